The Kier molecular flexibility index (Phi) is 3.62. The van der Waals surface area contributed by atoms with Crippen molar-refractivity contribution in [2.75, 3.05) is 6.61 Å². The summed E-state index contributed by atoms with van der Waals surface area (Å²) in [5.41, 5.74) is 1.85. The van der Waals surface area contributed by atoms with E-state index in [1.54, 1.807) is 24.5 Å². The molecule has 2 rings (SSSR count). The molecule has 1 aromatic heterocycles. The third-order valence-electron chi connectivity index (χ3n) is 3.00. The summed E-state index contributed by atoms with van der Waals surface area (Å²) in [7, 11) is 0. The molecular weight excluding hydrogens is 232 g/mol. The van der Waals surface area contributed by atoms with Gasteiger partial charge in [-0.25, -0.2) is 9.78 Å². The van der Waals surface area contributed by atoms with Crippen molar-refractivity contribution >= 4 is 17.0 Å². The predicted molar refractivity (Wildman–Crippen MR) is 67.6 cm³/mol. The third kappa shape index (κ3) is 2.51. The quantitative estimate of drug-likeness (QED) is 0.845. The first-order valence-electron chi connectivity index (χ1n) is 5.91. The van der Waals surface area contributed by atoms with E-state index >= 15 is 0 Å². The number of benzene rings is 1. The van der Waals surface area contributed by atoms with Crippen molar-refractivity contribution in [1.29, 1.82) is 0 Å². The van der Waals surface area contributed by atoms with Crippen molar-refractivity contribution in [2.45, 2.75) is 19.9 Å². The zero-order valence-electron chi connectivity index (χ0n) is 10.2. The van der Waals surface area contributed by atoms with Crippen LogP contribution in [0.4, 0.5) is 0 Å². The van der Waals surface area contributed by atoms with Gasteiger partial charge >= 0.3 is 5.97 Å². The molecule has 1 aromatic carbocycles. The Morgan fingerprint density at radius 2 is 2.28 bits per heavy atom. The lowest BCUT2D eigenvalue weighted by atomic mass is 10.1. The van der Waals surface area contributed by atoms with E-state index in [2.05, 4.69) is 11.9 Å². The number of hydrogen-bond acceptors (Lipinski definition) is 3. The van der Waals surface area contributed by atoms with Crippen LogP contribution in [0, 0.1) is 5.92 Å². The smallest absolute Gasteiger partial charge is 0.335 e. The van der Waals surface area contributed by atoms with Crippen molar-refractivity contribution in [1.82, 2.24) is 9.55 Å². The van der Waals surface area contributed by atoms with E-state index in [-0.39, 0.29) is 12.2 Å². The van der Waals surface area contributed by atoms with Gasteiger partial charge in [0.2, 0.25) is 0 Å². The zero-order chi connectivity index (χ0) is 13.1. The zero-order valence-corrected chi connectivity index (χ0v) is 10.2. The number of aromatic carboxylic acids is 1. The molecule has 18 heavy (non-hydrogen) atoms. The van der Waals surface area contributed by atoms with E-state index in [9.17, 15) is 4.79 Å². The van der Waals surface area contributed by atoms with Crippen LogP contribution in [0.25, 0.3) is 11.0 Å². The van der Waals surface area contributed by atoms with Gasteiger partial charge in [-0.1, -0.05) is 6.92 Å². The molecule has 0 saturated carbocycles. The highest BCUT2D eigenvalue weighted by Crippen LogP contribution is 2.17. The third-order valence-corrected chi connectivity index (χ3v) is 3.00. The summed E-state index contributed by atoms with van der Waals surface area (Å²) in [6.45, 7) is 3.01. The fraction of sp³-hybridized carbons (Fsp3) is 0.385. The summed E-state index contributed by atoms with van der Waals surface area (Å²) in [4.78, 5) is 15.1. The number of carbonyl (C=O) groups is 1. The molecule has 0 radical (unpaired) electrons. The maximum absolute atomic E-state index is 10.9. The molecule has 2 aromatic rings. The molecule has 96 valence electrons. The molecule has 0 amide bonds. The highest BCUT2D eigenvalue weighted by atomic mass is 16.4. The van der Waals surface area contributed by atoms with Gasteiger partial charge in [0.05, 0.1) is 22.9 Å². The van der Waals surface area contributed by atoms with Crippen LogP contribution in [0.2, 0.25) is 0 Å². The van der Waals surface area contributed by atoms with Gasteiger partial charge in [-0.3, -0.25) is 0 Å². The van der Waals surface area contributed by atoms with Gasteiger partial charge in [-0.05, 0) is 30.5 Å². The van der Waals surface area contributed by atoms with E-state index < -0.39 is 5.97 Å². The van der Waals surface area contributed by atoms with Crippen LogP contribution in [-0.2, 0) is 6.54 Å². The number of aromatic nitrogens is 2. The molecule has 2 N–H and O–H groups in total. The summed E-state index contributed by atoms with van der Waals surface area (Å²) < 4.78 is 1.99. The Labute approximate surface area is 105 Å². The van der Waals surface area contributed by atoms with E-state index in [0.717, 1.165) is 18.5 Å². The Morgan fingerprint density at radius 1 is 1.50 bits per heavy atom. The van der Waals surface area contributed by atoms with E-state index in [1.807, 2.05) is 4.57 Å². The molecule has 0 spiro atoms. The number of nitrogens with zero attached hydrogens (tertiary/aromatic N) is 2. The minimum atomic E-state index is -0.944. The largest absolute Gasteiger partial charge is 0.478 e. The van der Waals surface area contributed by atoms with Crippen LogP contribution in [0.15, 0.2) is 24.5 Å². The van der Waals surface area contributed by atoms with Gasteiger partial charge in [-0.2, -0.15) is 0 Å². The lowest BCUT2D eigenvalue weighted by Gasteiger charge is -2.11. The van der Waals surface area contributed by atoms with Crippen molar-refractivity contribution in [3.8, 4) is 0 Å². The van der Waals surface area contributed by atoms with Crippen LogP contribution in [-0.4, -0.2) is 32.3 Å². The highest BCUT2D eigenvalue weighted by Gasteiger charge is 2.09. The van der Waals surface area contributed by atoms with Gasteiger partial charge in [0.15, 0.2) is 0 Å². The van der Waals surface area contributed by atoms with Gasteiger partial charge < -0.3 is 14.8 Å². The van der Waals surface area contributed by atoms with Gasteiger partial charge in [0.1, 0.15) is 0 Å². The minimum Gasteiger partial charge on any atom is -0.478 e. The fourth-order valence-electron chi connectivity index (χ4n) is 1.99. The van der Waals surface area contributed by atoms with Crippen LogP contribution in [0.5, 0.6) is 0 Å². The topological polar surface area (TPSA) is 75.3 Å². The molecule has 1 heterocycles. The number of aliphatic hydroxyl groups is 1. The lowest BCUT2D eigenvalue weighted by molar-refractivity contribution is 0.0697. The molecule has 5 heteroatoms. The number of carboxylic acids is 1. The van der Waals surface area contributed by atoms with Crippen molar-refractivity contribution in [3.05, 3.63) is 30.1 Å². The molecule has 0 saturated heterocycles. The van der Waals surface area contributed by atoms with Gasteiger partial charge in [-0.15, -0.1) is 0 Å². The number of imidazole rings is 1. The van der Waals surface area contributed by atoms with Crippen molar-refractivity contribution in [2.24, 2.45) is 5.92 Å². The lowest BCUT2D eigenvalue weighted by Crippen LogP contribution is -2.08. The van der Waals surface area contributed by atoms with Crippen LogP contribution < -0.4 is 0 Å². The van der Waals surface area contributed by atoms with E-state index in [0.29, 0.717) is 11.4 Å². The highest BCUT2D eigenvalue weighted by molar-refractivity contribution is 5.92. The molecular formula is C13H16N2O3. The van der Waals surface area contributed by atoms with Crippen molar-refractivity contribution < 1.29 is 15.0 Å². The molecule has 1 atom stereocenters. The molecule has 0 aliphatic rings. The first kappa shape index (κ1) is 12.6. The minimum absolute atomic E-state index is 0.178. The molecule has 0 aliphatic heterocycles. The first-order valence-corrected chi connectivity index (χ1v) is 5.91. The Morgan fingerprint density at radius 3 is 2.94 bits per heavy atom. The normalized spacial score (nSPS) is 12.8. The Balaban J connectivity index is 2.28. The summed E-state index contributed by atoms with van der Waals surface area (Å²) in [6, 6.07) is 4.93. The number of rotatable bonds is 5. The molecule has 1 unspecified atom stereocenters. The SMILES string of the molecule is CC(CCO)Cn1cnc2cc(C(=O)O)ccc21. The standard InChI is InChI=1S/C13H16N2O3/c1-9(4-5-16)7-15-8-14-11-6-10(13(17)18)2-3-12(11)15/h2-3,6,8-9,16H,4-5,7H2,1H3,(H,17,18). The molecule has 5 nitrogen and oxygen atoms in total. The molecule has 0 bridgehead atoms. The summed E-state index contributed by atoms with van der Waals surface area (Å²) in [5, 5.41) is 17.8. The molecule has 0 fully saturated rings. The second kappa shape index (κ2) is 5.18. The fourth-order valence-corrected chi connectivity index (χ4v) is 1.99. The second-order valence-electron chi connectivity index (χ2n) is 4.52. The Bertz CT molecular complexity index is 562. The van der Waals surface area contributed by atoms with Crippen LogP contribution in [0.3, 0.4) is 0 Å². The predicted octanol–water partition coefficient (Wildman–Crippen LogP) is 1.75. The van der Waals surface area contributed by atoms with E-state index in [1.165, 1.54) is 0 Å². The average molecular weight is 248 g/mol. The van der Waals surface area contributed by atoms with Crippen LogP contribution >= 0.6 is 0 Å². The number of aliphatic hydroxyl groups excluding tert-OH is 1. The van der Waals surface area contributed by atoms with E-state index in [4.69, 9.17) is 10.2 Å². The maximum atomic E-state index is 10.9. The Hall–Kier alpha value is -1.88. The van der Waals surface area contributed by atoms with Crippen LogP contribution in [0.1, 0.15) is 23.7 Å². The van der Waals surface area contributed by atoms with Crippen molar-refractivity contribution in [3.63, 3.8) is 0 Å². The second-order valence-corrected chi connectivity index (χ2v) is 4.52. The molecule has 0 aliphatic carbocycles. The maximum Gasteiger partial charge on any atom is 0.335 e. The number of fused-ring (bicyclic) bond motifs is 1. The first-order chi connectivity index (χ1) is 8.61. The summed E-state index contributed by atoms with van der Waals surface area (Å²) in [5.74, 6) is -0.591. The summed E-state index contributed by atoms with van der Waals surface area (Å²) in [6.07, 6.45) is 2.46. The number of hydrogen-bond donors (Lipinski definition) is 2. The van der Waals surface area contributed by atoms with Gasteiger partial charge in [0.25, 0.3) is 0 Å². The monoisotopic (exact) mass is 248 g/mol. The summed E-state index contributed by atoms with van der Waals surface area (Å²) >= 11 is 0. The average Bonchev–Trinajstić information content (AvgIpc) is 2.72. The number of carboxylic acid groups (broad SMARTS) is 1. The van der Waals surface area contributed by atoms with Gasteiger partial charge in [0, 0.05) is 13.2 Å².